The van der Waals surface area contributed by atoms with Gasteiger partial charge < -0.3 is 14.8 Å². The molecule has 0 aliphatic carbocycles. The van der Waals surface area contributed by atoms with Crippen LogP contribution in [0.25, 0.3) is 0 Å². The van der Waals surface area contributed by atoms with Gasteiger partial charge >= 0.3 is 6.61 Å². The second-order valence-corrected chi connectivity index (χ2v) is 6.81. The van der Waals surface area contributed by atoms with Gasteiger partial charge in [0.2, 0.25) is 0 Å². The molecule has 0 aliphatic heterocycles. The third-order valence-corrected chi connectivity index (χ3v) is 4.69. The Morgan fingerprint density at radius 1 is 1.14 bits per heavy atom. The summed E-state index contributed by atoms with van der Waals surface area (Å²) in [4.78, 5) is 12.7. The molecule has 0 saturated heterocycles. The zero-order valence-electron chi connectivity index (χ0n) is 14.7. The molecule has 2 aromatic carbocycles. The number of nitrogens with one attached hydrogen (secondary N) is 1. The third kappa shape index (κ3) is 5.26. The SMILES string of the molecule is Cc1ccc(OCc2csc(C(=O)Nc3ccc(F)cc3OC(F)F)c2)cc1. The normalized spacial score (nSPS) is 10.8. The second kappa shape index (κ2) is 8.79. The number of amides is 1. The number of thiophene rings is 1. The maximum Gasteiger partial charge on any atom is 0.387 e. The van der Waals surface area contributed by atoms with Gasteiger partial charge in [0.15, 0.2) is 5.75 Å². The minimum atomic E-state index is -3.13. The van der Waals surface area contributed by atoms with Crippen LogP contribution in [0, 0.1) is 12.7 Å². The van der Waals surface area contributed by atoms with Crippen LogP contribution in [0.4, 0.5) is 18.9 Å². The van der Waals surface area contributed by atoms with Gasteiger partial charge in [-0.3, -0.25) is 4.79 Å². The zero-order valence-corrected chi connectivity index (χ0v) is 15.6. The highest BCUT2D eigenvalue weighted by atomic mass is 32.1. The molecule has 3 rings (SSSR count). The van der Waals surface area contributed by atoms with E-state index in [0.717, 1.165) is 23.3 Å². The molecule has 0 aliphatic rings. The molecule has 28 heavy (non-hydrogen) atoms. The molecule has 1 amide bonds. The van der Waals surface area contributed by atoms with E-state index < -0.39 is 24.1 Å². The number of ether oxygens (including phenoxy) is 2. The molecule has 3 aromatic rings. The molecule has 0 saturated carbocycles. The predicted molar refractivity (Wildman–Crippen MR) is 101 cm³/mol. The molecule has 0 unspecified atom stereocenters. The van der Waals surface area contributed by atoms with Crippen molar-refractivity contribution >= 4 is 22.9 Å². The zero-order chi connectivity index (χ0) is 20.1. The topological polar surface area (TPSA) is 47.6 Å². The van der Waals surface area contributed by atoms with Crippen LogP contribution in [0.2, 0.25) is 0 Å². The fourth-order valence-corrected chi connectivity index (χ4v) is 3.14. The summed E-state index contributed by atoms with van der Waals surface area (Å²) in [6, 6.07) is 12.2. The van der Waals surface area contributed by atoms with Gasteiger partial charge in [-0.25, -0.2) is 4.39 Å². The molecule has 0 atom stereocenters. The number of alkyl halides is 2. The van der Waals surface area contributed by atoms with E-state index in [0.29, 0.717) is 10.6 Å². The summed E-state index contributed by atoms with van der Waals surface area (Å²) in [6.45, 7) is -0.875. The second-order valence-electron chi connectivity index (χ2n) is 5.89. The Balaban J connectivity index is 1.65. The molecule has 1 heterocycles. The lowest BCUT2D eigenvalue weighted by Crippen LogP contribution is -2.13. The Kier molecular flexibility index (Phi) is 6.20. The number of anilines is 1. The molecule has 0 fully saturated rings. The van der Waals surface area contributed by atoms with E-state index in [1.165, 1.54) is 17.4 Å². The average molecular weight is 407 g/mol. The largest absolute Gasteiger partial charge is 0.489 e. The molecule has 146 valence electrons. The summed E-state index contributed by atoms with van der Waals surface area (Å²) in [5.41, 5.74) is 1.87. The number of benzene rings is 2. The van der Waals surface area contributed by atoms with E-state index in [9.17, 15) is 18.0 Å². The summed E-state index contributed by atoms with van der Waals surface area (Å²) in [6.07, 6.45) is 0. The Hall–Kier alpha value is -3.00. The van der Waals surface area contributed by atoms with Gasteiger partial charge in [-0.05, 0) is 42.6 Å². The molecule has 0 bridgehead atoms. The Bertz CT molecular complexity index is 958. The van der Waals surface area contributed by atoms with Crippen molar-refractivity contribution in [1.82, 2.24) is 0 Å². The minimum absolute atomic E-state index is 0.0439. The smallest absolute Gasteiger partial charge is 0.387 e. The summed E-state index contributed by atoms with van der Waals surface area (Å²) < 4.78 is 48.1. The Morgan fingerprint density at radius 2 is 1.89 bits per heavy atom. The molecule has 1 aromatic heterocycles. The third-order valence-electron chi connectivity index (χ3n) is 3.71. The number of rotatable bonds is 7. The highest BCUT2D eigenvalue weighted by Gasteiger charge is 2.16. The van der Waals surface area contributed by atoms with Gasteiger partial charge in [-0.2, -0.15) is 8.78 Å². The van der Waals surface area contributed by atoms with E-state index in [-0.39, 0.29) is 12.3 Å². The first kappa shape index (κ1) is 19.8. The van der Waals surface area contributed by atoms with Gasteiger partial charge in [-0.15, -0.1) is 11.3 Å². The van der Waals surface area contributed by atoms with Crippen molar-refractivity contribution in [3.63, 3.8) is 0 Å². The van der Waals surface area contributed by atoms with Crippen LogP contribution in [0.1, 0.15) is 20.8 Å². The molecule has 0 radical (unpaired) electrons. The average Bonchev–Trinajstić information content (AvgIpc) is 3.12. The van der Waals surface area contributed by atoms with Crippen molar-refractivity contribution < 1.29 is 27.4 Å². The van der Waals surface area contributed by atoms with Crippen LogP contribution in [0.5, 0.6) is 11.5 Å². The van der Waals surface area contributed by atoms with Gasteiger partial charge in [-0.1, -0.05) is 17.7 Å². The molecule has 1 N–H and O–H groups in total. The van der Waals surface area contributed by atoms with Gasteiger partial charge in [0.05, 0.1) is 10.6 Å². The maximum absolute atomic E-state index is 13.3. The summed E-state index contributed by atoms with van der Waals surface area (Å²) in [5, 5.41) is 4.23. The van der Waals surface area contributed by atoms with Crippen molar-refractivity contribution in [2.75, 3.05) is 5.32 Å². The van der Waals surface area contributed by atoms with E-state index in [1.807, 2.05) is 31.2 Å². The number of aryl methyl sites for hydroxylation is 1. The Morgan fingerprint density at radius 3 is 2.61 bits per heavy atom. The van der Waals surface area contributed by atoms with Crippen LogP contribution >= 0.6 is 11.3 Å². The number of halogens is 3. The van der Waals surface area contributed by atoms with E-state index >= 15 is 0 Å². The lowest BCUT2D eigenvalue weighted by Gasteiger charge is -2.11. The first-order valence-corrected chi connectivity index (χ1v) is 9.11. The van der Waals surface area contributed by atoms with E-state index in [4.69, 9.17) is 4.74 Å². The fraction of sp³-hybridized carbons (Fsp3) is 0.150. The van der Waals surface area contributed by atoms with Crippen LogP contribution in [0.15, 0.2) is 53.9 Å². The monoisotopic (exact) mass is 407 g/mol. The summed E-state index contributed by atoms with van der Waals surface area (Å²) >= 11 is 1.18. The molecule has 8 heteroatoms. The first-order chi connectivity index (χ1) is 13.4. The van der Waals surface area contributed by atoms with Gasteiger partial charge in [0.25, 0.3) is 5.91 Å². The van der Waals surface area contributed by atoms with Crippen molar-refractivity contribution in [2.45, 2.75) is 20.1 Å². The number of hydrogen-bond donors (Lipinski definition) is 1. The van der Waals surface area contributed by atoms with Crippen molar-refractivity contribution in [1.29, 1.82) is 0 Å². The fourth-order valence-electron chi connectivity index (χ4n) is 2.35. The van der Waals surface area contributed by atoms with Crippen LogP contribution in [-0.4, -0.2) is 12.5 Å². The quantitative estimate of drug-likeness (QED) is 0.552. The van der Waals surface area contributed by atoms with E-state index in [2.05, 4.69) is 10.1 Å². The van der Waals surface area contributed by atoms with Gasteiger partial charge in [0.1, 0.15) is 18.2 Å². The standard InChI is InChI=1S/C20H16F3NO3S/c1-12-2-5-15(6-3-12)26-10-13-8-18(28-11-13)19(25)24-16-7-4-14(21)9-17(16)27-20(22)23/h2-9,11,20H,10H2,1H3,(H,24,25). The molecular formula is C20H16F3NO3S. The highest BCUT2D eigenvalue weighted by molar-refractivity contribution is 7.12. The highest BCUT2D eigenvalue weighted by Crippen LogP contribution is 2.28. The van der Waals surface area contributed by atoms with Crippen LogP contribution in [0.3, 0.4) is 0 Å². The van der Waals surface area contributed by atoms with Crippen LogP contribution in [-0.2, 0) is 6.61 Å². The summed E-state index contributed by atoms with van der Waals surface area (Å²) in [5.74, 6) is -0.997. The van der Waals surface area contributed by atoms with E-state index in [1.54, 1.807) is 11.4 Å². The van der Waals surface area contributed by atoms with Crippen molar-refractivity contribution in [3.05, 3.63) is 75.7 Å². The molecular weight excluding hydrogens is 391 g/mol. The number of carbonyl (C=O) groups is 1. The van der Waals surface area contributed by atoms with Gasteiger partial charge in [0, 0.05) is 11.6 Å². The number of hydrogen-bond acceptors (Lipinski definition) is 4. The number of carbonyl (C=O) groups excluding carboxylic acids is 1. The maximum atomic E-state index is 13.3. The molecule has 4 nitrogen and oxygen atoms in total. The summed E-state index contributed by atoms with van der Waals surface area (Å²) in [7, 11) is 0. The van der Waals surface area contributed by atoms with Crippen molar-refractivity contribution in [2.24, 2.45) is 0 Å². The predicted octanol–water partition coefficient (Wildman–Crippen LogP) is 5.63. The lowest BCUT2D eigenvalue weighted by atomic mass is 10.2. The van der Waals surface area contributed by atoms with Crippen LogP contribution < -0.4 is 14.8 Å². The Labute approximate surface area is 163 Å². The molecule has 0 spiro atoms. The first-order valence-electron chi connectivity index (χ1n) is 8.23. The van der Waals surface area contributed by atoms with Crippen molar-refractivity contribution in [3.8, 4) is 11.5 Å². The minimum Gasteiger partial charge on any atom is -0.489 e. The lowest BCUT2D eigenvalue weighted by molar-refractivity contribution is -0.0495.